The molecule has 0 fully saturated rings. The van der Waals surface area contributed by atoms with Gasteiger partial charge in [-0.15, -0.1) is 0 Å². The summed E-state index contributed by atoms with van der Waals surface area (Å²) in [7, 11) is 0. The van der Waals surface area contributed by atoms with Crippen LogP contribution in [0.15, 0.2) is 76.9 Å². The molecule has 0 unspecified atom stereocenters. The largest absolute Gasteiger partial charge is 0.489 e. The lowest BCUT2D eigenvalue weighted by Gasteiger charge is -2.08. The van der Waals surface area contributed by atoms with Crippen molar-refractivity contribution in [2.45, 2.75) is 13.2 Å². The second-order valence-electron chi connectivity index (χ2n) is 5.88. The zero-order valence-electron chi connectivity index (χ0n) is 14.9. The summed E-state index contributed by atoms with van der Waals surface area (Å²) < 4.78 is 10.9. The molecule has 0 aliphatic heterocycles. The second-order valence-corrected chi connectivity index (χ2v) is 6.29. The highest BCUT2D eigenvalue weighted by Gasteiger charge is 2.09. The third-order valence-corrected chi connectivity index (χ3v) is 4.28. The van der Waals surface area contributed by atoms with Crippen molar-refractivity contribution in [3.63, 3.8) is 0 Å². The molecule has 0 saturated heterocycles. The maximum Gasteiger partial charge on any atom is 0.262 e. The maximum atomic E-state index is 12.2. The van der Waals surface area contributed by atoms with Crippen molar-refractivity contribution in [3.05, 3.63) is 94.4 Å². The van der Waals surface area contributed by atoms with Gasteiger partial charge in [-0.05, 0) is 42.0 Å². The Morgan fingerprint density at radius 1 is 1.14 bits per heavy atom. The Bertz CT molecular complexity index is 1000. The first-order valence-corrected chi connectivity index (χ1v) is 8.92. The van der Waals surface area contributed by atoms with Crippen LogP contribution in [0.3, 0.4) is 0 Å². The van der Waals surface area contributed by atoms with E-state index in [0.29, 0.717) is 23.1 Å². The van der Waals surface area contributed by atoms with Crippen LogP contribution in [0.4, 0.5) is 0 Å². The van der Waals surface area contributed by atoms with Crippen LogP contribution in [0.1, 0.15) is 16.9 Å². The van der Waals surface area contributed by atoms with Crippen LogP contribution in [0.2, 0.25) is 5.02 Å². The van der Waals surface area contributed by atoms with E-state index >= 15 is 0 Å². The van der Waals surface area contributed by atoms with E-state index in [4.69, 9.17) is 20.8 Å². The first kappa shape index (κ1) is 19.3. The van der Waals surface area contributed by atoms with Crippen LogP contribution in [0.25, 0.3) is 6.08 Å². The number of carbonyl (C=O) groups excluding carboxylic acids is 1. The van der Waals surface area contributed by atoms with Crippen molar-refractivity contribution < 1.29 is 13.9 Å². The number of nitrogens with one attached hydrogen (secondary N) is 1. The van der Waals surface area contributed by atoms with Gasteiger partial charge in [0.1, 0.15) is 29.8 Å². The normalized spacial score (nSPS) is 10.9. The van der Waals surface area contributed by atoms with Gasteiger partial charge in [-0.3, -0.25) is 4.79 Å². The highest BCUT2D eigenvalue weighted by molar-refractivity contribution is 6.31. The predicted molar refractivity (Wildman–Crippen MR) is 106 cm³/mol. The average Bonchev–Trinajstić information content (AvgIpc) is 3.24. The van der Waals surface area contributed by atoms with Crippen molar-refractivity contribution in [3.8, 4) is 11.8 Å². The Labute approximate surface area is 167 Å². The molecule has 3 aromatic rings. The Kier molecular flexibility index (Phi) is 6.50. The summed E-state index contributed by atoms with van der Waals surface area (Å²) in [5, 5.41) is 12.6. The molecule has 1 amide bonds. The molecular formula is C22H17ClN2O3. The molecule has 2 aromatic carbocycles. The van der Waals surface area contributed by atoms with Gasteiger partial charge in [0, 0.05) is 10.6 Å². The maximum absolute atomic E-state index is 12.2. The fourth-order valence-corrected chi connectivity index (χ4v) is 2.62. The van der Waals surface area contributed by atoms with Gasteiger partial charge in [0.15, 0.2) is 0 Å². The number of nitriles is 1. The quantitative estimate of drug-likeness (QED) is 0.465. The van der Waals surface area contributed by atoms with E-state index in [1.165, 1.54) is 12.3 Å². The van der Waals surface area contributed by atoms with Gasteiger partial charge < -0.3 is 14.5 Å². The van der Waals surface area contributed by atoms with Crippen molar-refractivity contribution in [1.82, 2.24) is 5.32 Å². The average molecular weight is 393 g/mol. The van der Waals surface area contributed by atoms with Crippen LogP contribution in [0, 0.1) is 11.3 Å². The minimum Gasteiger partial charge on any atom is -0.489 e. The number of amides is 1. The molecule has 3 rings (SSSR count). The molecule has 1 heterocycles. The molecule has 1 N–H and O–H groups in total. The van der Waals surface area contributed by atoms with Crippen molar-refractivity contribution in [1.29, 1.82) is 5.26 Å². The fraction of sp³-hybridized carbons (Fsp3) is 0.0909. The SMILES string of the molecule is N#CC(=Cc1ccc(OCc2ccccc2Cl)cc1)C(=O)NCc1ccco1. The summed E-state index contributed by atoms with van der Waals surface area (Å²) in [5.41, 5.74) is 1.62. The van der Waals surface area contributed by atoms with E-state index in [1.807, 2.05) is 30.3 Å². The highest BCUT2D eigenvalue weighted by Crippen LogP contribution is 2.19. The summed E-state index contributed by atoms with van der Waals surface area (Å²) in [6.07, 6.45) is 3.05. The van der Waals surface area contributed by atoms with Gasteiger partial charge in [-0.1, -0.05) is 41.9 Å². The molecule has 1 aromatic heterocycles. The van der Waals surface area contributed by atoms with E-state index in [2.05, 4.69) is 5.32 Å². The topological polar surface area (TPSA) is 75.3 Å². The molecule has 0 saturated carbocycles. The number of rotatable bonds is 7. The smallest absolute Gasteiger partial charge is 0.262 e. The van der Waals surface area contributed by atoms with Gasteiger partial charge in [-0.2, -0.15) is 5.26 Å². The Morgan fingerprint density at radius 2 is 1.93 bits per heavy atom. The third kappa shape index (κ3) is 5.26. The highest BCUT2D eigenvalue weighted by atomic mass is 35.5. The lowest BCUT2D eigenvalue weighted by atomic mass is 10.1. The summed E-state index contributed by atoms with van der Waals surface area (Å²) in [4.78, 5) is 12.2. The van der Waals surface area contributed by atoms with Gasteiger partial charge in [0.05, 0.1) is 12.8 Å². The summed E-state index contributed by atoms with van der Waals surface area (Å²) >= 11 is 6.11. The standard InChI is InChI=1S/C22H17ClN2O3/c23-21-6-2-1-4-17(21)15-28-19-9-7-16(8-10-19)12-18(13-24)22(26)25-14-20-5-3-11-27-20/h1-12H,14-15H2,(H,25,26). The van der Waals surface area contributed by atoms with Gasteiger partial charge >= 0.3 is 0 Å². The predicted octanol–water partition coefficient (Wildman–Crippen LogP) is 4.74. The number of benzene rings is 2. The molecule has 0 aliphatic carbocycles. The number of nitrogens with zero attached hydrogens (tertiary/aromatic N) is 1. The van der Waals surface area contributed by atoms with Crippen molar-refractivity contribution in [2.75, 3.05) is 0 Å². The molecule has 0 atom stereocenters. The van der Waals surface area contributed by atoms with Gasteiger partial charge in [0.2, 0.25) is 0 Å². The summed E-state index contributed by atoms with van der Waals surface area (Å²) in [6.45, 7) is 0.577. The third-order valence-electron chi connectivity index (χ3n) is 3.91. The molecule has 0 bridgehead atoms. The Balaban J connectivity index is 1.60. The number of furan rings is 1. The first-order valence-electron chi connectivity index (χ1n) is 8.54. The zero-order chi connectivity index (χ0) is 19.8. The Morgan fingerprint density at radius 3 is 2.61 bits per heavy atom. The minimum atomic E-state index is -0.460. The zero-order valence-corrected chi connectivity index (χ0v) is 15.6. The van der Waals surface area contributed by atoms with Crippen LogP contribution in [0.5, 0.6) is 5.75 Å². The van der Waals surface area contributed by atoms with Gasteiger partial charge in [0.25, 0.3) is 5.91 Å². The van der Waals surface area contributed by atoms with Crippen LogP contribution in [-0.2, 0) is 17.9 Å². The monoisotopic (exact) mass is 392 g/mol. The lowest BCUT2D eigenvalue weighted by Crippen LogP contribution is -2.23. The molecule has 5 nitrogen and oxygen atoms in total. The summed E-state index contributed by atoms with van der Waals surface area (Å²) in [5.74, 6) is 0.821. The number of hydrogen-bond donors (Lipinski definition) is 1. The van der Waals surface area contributed by atoms with E-state index in [1.54, 1.807) is 36.4 Å². The van der Waals surface area contributed by atoms with Crippen LogP contribution >= 0.6 is 11.6 Å². The van der Waals surface area contributed by atoms with E-state index in [0.717, 1.165) is 11.1 Å². The minimum absolute atomic E-state index is 0.0105. The number of halogens is 1. The fourth-order valence-electron chi connectivity index (χ4n) is 2.43. The first-order chi connectivity index (χ1) is 13.7. The van der Waals surface area contributed by atoms with E-state index < -0.39 is 5.91 Å². The van der Waals surface area contributed by atoms with Gasteiger partial charge in [-0.25, -0.2) is 0 Å². The van der Waals surface area contributed by atoms with E-state index in [-0.39, 0.29) is 12.1 Å². The molecule has 6 heteroatoms. The van der Waals surface area contributed by atoms with Crippen LogP contribution < -0.4 is 10.1 Å². The van der Waals surface area contributed by atoms with Crippen molar-refractivity contribution in [2.24, 2.45) is 0 Å². The number of hydrogen-bond acceptors (Lipinski definition) is 4. The molecule has 0 aliphatic rings. The molecule has 28 heavy (non-hydrogen) atoms. The molecule has 140 valence electrons. The Hall–Kier alpha value is -3.49. The lowest BCUT2D eigenvalue weighted by molar-refractivity contribution is -0.117. The number of ether oxygens (including phenoxy) is 1. The number of carbonyl (C=O) groups is 1. The van der Waals surface area contributed by atoms with Crippen LogP contribution in [-0.4, -0.2) is 5.91 Å². The summed E-state index contributed by atoms with van der Waals surface area (Å²) in [6, 6.07) is 20.0. The molecular weight excluding hydrogens is 376 g/mol. The second kappa shape index (κ2) is 9.45. The van der Waals surface area contributed by atoms with E-state index in [9.17, 15) is 10.1 Å². The van der Waals surface area contributed by atoms with Crippen molar-refractivity contribution >= 4 is 23.6 Å². The molecule has 0 spiro atoms. The molecule has 0 radical (unpaired) electrons.